The molecule has 1 atom stereocenters. The highest BCUT2D eigenvalue weighted by molar-refractivity contribution is 4.85. The molecule has 0 aromatic rings. The monoisotopic (exact) mass is 181 g/mol. The van der Waals surface area contributed by atoms with Gasteiger partial charge in [-0.1, -0.05) is 0 Å². The normalized spacial score (nSPS) is 18.6. The predicted octanol–water partition coefficient (Wildman–Crippen LogP) is 0.972. The topological polar surface area (TPSA) is 39.1 Å². The van der Waals surface area contributed by atoms with Crippen LogP contribution in [0.1, 0.15) is 26.2 Å². The van der Waals surface area contributed by atoms with Crippen LogP contribution in [0.2, 0.25) is 0 Å². The summed E-state index contributed by atoms with van der Waals surface area (Å²) in [6.07, 6.45) is 3.33. The first-order valence-electron chi connectivity index (χ1n) is 5.05. The fourth-order valence-electron chi connectivity index (χ4n) is 1.44. The Bertz CT molecular complexity index is 181. The molecule has 0 aliphatic heterocycles. The molecular formula is C10H19N3. The number of rotatable bonds is 6. The molecule has 0 bridgehead atoms. The highest BCUT2D eigenvalue weighted by Crippen LogP contribution is 2.26. The molecule has 0 aromatic heterocycles. The van der Waals surface area contributed by atoms with E-state index in [1.165, 1.54) is 12.8 Å². The van der Waals surface area contributed by atoms with Crippen molar-refractivity contribution in [3.05, 3.63) is 0 Å². The molecule has 1 saturated carbocycles. The fraction of sp³-hybridized carbons (Fsp3) is 0.900. The minimum absolute atomic E-state index is 0.589. The average molecular weight is 181 g/mol. The van der Waals surface area contributed by atoms with Crippen molar-refractivity contribution >= 4 is 0 Å². The fourth-order valence-corrected chi connectivity index (χ4v) is 1.44. The Hall–Kier alpha value is -0.590. The van der Waals surface area contributed by atoms with Gasteiger partial charge in [0.05, 0.1) is 6.07 Å². The van der Waals surface area contributed by atoms with Crippen LogP contribution in [-0.4, -0.2) is 37.1 Å². The van der Waals surface area contributed by atoms with E-state index in [4.69, 9.17) is 5.26 Å². The molecule has 3 heteroatoms. The molecule has 3 nitrogen and oxygen atoms in total. The quantitative estimate of drug-likeness (QED) is 0.621. The van der Waals surface area contributed by atoms with Gasteiger partial charge in [-0.05, 0) is 26.8 Å². The number of nitriles is 1. The van der Waals surface area contributed by atoms with Crippen molar-refractivity contribution in [2.75, 3.05) is 20.1 Å². The van der Waals surface area contributed by atoms with E-state index in [1.54, 1.807) is 0 Å². The number of nitrogens with zero attached hydrogens (tertiary/aromatic N) is 2. The number of hydrogen-bond donors (Lipinski definition) is 1. The Morgan fingerprint density at radius 1 is 1.62 bits per heavy atom. The van der Waals surface area contributed by atoms with Gasteiger partial charge in [0.1, 0.15) is 0 Å². The molecule has 1 unspecified atom stereocenters. The van der Waals surface area contributed by atoms with Gasteiger partial charge in [0.25, 0.3) is 0 Å². The van der Waals surface area contributed by atoms with Crippen molar-refractivity contribution in [3.63, 3.8) is 0 Å². The Morgan fingerprint density at radius 3 is 2.85 bits per heavy atom. The molecule has 0 saturated heterocycles. The first-order valence-corrected chi connectivity index (χ1v) is 5.05. The van der Waals surface area contributed by atoms with Crippen molar-refractivity contribution in [1.29, 1.82) is 5.26 Å². The van der Waals surface area contributed by atoms with Gasteiger partial charge in [-0.15, -0.1) is 0 Å². The van der Waals surface area contributed by atoms with Gasteiger partial charge in [-0.3, -0.25) is 4.90 Å². The molecule has 1 rings (SSSR count). The molecule has 1 aliphatic rings. The van der Waals surface area contributed by atoms with E-state index < -0.39 is 0 Å². The zero-order valence-electron chi connectivity index (χ0n) is 8.58. The molecule has 0 amide bonds. The summed E-state index contributed by atoms with van der Waals surface area (Å²) in [5.74, 6) is 0. The average Bonchev–Trinajstić information content (AvgIpc) is 2.94. The lowest BCUT2D eigenvalue weighted by Gasteiger charge is -2.24. The third-order valence-corrected chi connectivity index (χ3v) is 2.67. The van der Waals surface area contributed by atoms with Crippen LogP contribution in [0.25, 0.3) is 0 Å². The molecule has 1 aliphatic carbocycles. The summed E-state index contributed by atoms with van der Waals surface area (Å²) >= 11 is 0. The maximum atomic E-state index is 8.34. The number of nitrogens with one attached hydrogen (secondary N) is 1. The Morgan fingerprint density at radius 2 is 2.31 bits per heavy atom. The summed E-state index contributed by atoms with van der Waals surface area (Å²) in [6, 6.07) is 3.55. The summed E-state index contributed by atoms with van der Waals surface area (Å²) in [5.41, 5.74) is 0. The van der Waals surface area contributed by atoms with Crippen LogP contribution >= 0.6 is 0 Å². The molecule has 0 aromatic carbocycles. The van der Waals surface area contributed by atoms with Crippen molar-refractivity contribution in [3.8, 4) is 6.07 Å². The summed E-state index contributed by atoms with van der Waals surface area (Å²) in [6.45, 7) is 4.05. The zero-order valence-corrected chi connectivity index (χ0v) is 8.58. The molecule has 1 fully saturated rings. The maximum Gasteiger partial charge on any atom is 0.0635 e. The second-order valence-corrected chi connectivity index (χ2v) is 3.86. The maximum absolute atomic E-state index is 8.34. The standard InChI is InChI=1S/C10H19N3/c1-9(8-12-7-3-6-11)13(2)10-4-5-10/h9-10,12H,3-5,7-8H2,1-2H3. The van der Waals surface area contributed by atoms with Crippen LogP contribution in [0.3, 0.4) is 0 Å². The largest absolute Gasteiger partial charge is 0.314 e. The Balaban J connectivity index is 2.03. The molecule has 1 N–H and O–H groups in total. The molecule has 0 heterocycles. The van der Waals surface area contributed by atoms with E-state index in [-0.39, 0.29) is 0 Å². The van der Waals surface area contributed by atoms with E-state index in [1.807, 2.05) is 0 Å². The van der Waals surface area contributed by atoms with E-state index in [0.717, 1.165) is 19.1 Å². The van der Waals surface area contributed by atoms with Gasteiger partial charge in [0.15, 0.2) is 0 Å². The van der Waals surface area contributed by atoms with Crippen LogP contribution in [0.5, 0.6) is 0 Å². The van der Waals surface area contributed by atoms with Crippen molar-refractivity contribution < 1.29 is 0 Å². The van der Waals surface area contributed by atoms with E-state index in [9.17, 15) is 0 Å². The van der Waals surface area contributed by atoms with Crippen LogP contribution in [0, 0.1) is 11.3 Å². The lowest BCUT2D eigenvalue weighted by atomic mass is 10.3. The lowest BCUT2D eigenvalue weighted by Crippen LogP contribution is -2.39. The molecule has 0 radical (unpaired) electrons. The van der Waals surface area contributed by atoms with Crippen molar-refractivity contribution in [2.45, 2.75) is 38.3 Å². The minimum atomic E-state index is 0.589. The zero-order chi connectivity index (χ0) is 9.68. The second kappa shape index (κ2) is 5.21. The molecule has 74 valence electrons. The summed E-state index contributed by atoms with van der Waals surface area (Å²) < 4.78 is 0. The summed E-state index contributed by atoms with van der Waals surface area (Å²) in [5, 5.41) is 11.6. The predicted molar refractivity (Wildman–Crippen MR) is 53.3 cm³/mol. The molecular weight excluding hydrogens is 162 g/mol. The van der Waals surface area contributed by atoms with E-state index in [0.29, 0.717) is 12.5 Å². The smallest absolute Gasteiger partial charge is 0.0635 e. The van der Waals surface area contributed by atoms with Gasteiger partial charge in [-0.2, -0.15) is 5.26 Å². The van der Waals surface area contributed by atoms with Gasteiger partial charge in [0, 0.05) is 31.6 Å². The van der Waals surface area contributed by atoms with Gasteiger partial charge >= 0.3 is 0 Å². The number of hydrogen-bond acceptors (Lipinski definition) is 3. The van der Waals surface area contributed by atoms with Crippen molar-refractivity contribution in [1.82, 2.24) is 10.2 Å². The second-order valence-electron chi connectivity index (χ2n) is 3.86. The first kappa shape index (κ1) is 10.5. The molecule has 0 spiro atoms. The Kier molecular flexibility index (Phi) is 4.20. The third kappa shape index (κ3) is 3.75. The SMILES string of the molecule is CC(CNCCC#N)N(C)C1CC1. The van der Waals surface area contributed by atoms with Crippen LogP contribution in [0.4, 0.5) is 0 Å². The number of likely N-dealkylation sites (N-methyl/N-ethyl adjacent to an activating group) is 1. The van der Waals surface area contributed by atoms with Crippen LogP contribution < -0.4 is 5.32 Å². The highest BCUT2D eigenvalue weighted by atomic mass is 15.2. The molecule has 13 heavy (non-hydrogen) atoms. The van der Waals surface area contributed by atoms with E-state index >= 15 is 0 Å². The first-order chi connectivity index (χ1) is 6.25. The van der Waals surface area contributed by atoms with Gasteiger partial charge < -0.3 is 5.32 Å². The Labute approximate surface area is 80.7 Å². The third-order valence-electron chi connectivity index (χ3n) is 2.67. The summed E-state index contributed by atoms with van der Waals surface area (Å²) in [4.78, 5) is 2.43. The van der Waals surface area contributed by atoms with Gasteiger partial charge in [-0.25, -0.2) is 0 Å². The lowest BCUT2D eigenvalue weighted by molar-refractivity contribution is 0.242. The van der Waals surface area contributed by atoms with Crippen LogP contribution in [-0.2, 0) is 0 Å². The highest BCUT2D eigenvalue weighted by Gasteiger charge is 2.28. The van der Waals surface area contributed by atoms with Crippen molar-refractivity contribution in [2.24, 2.45) is 0 Å². The van der Waals surface area contributed by atoms with Crippen LogP contribution in [0.15, 0.2) is 0 Å². The van der Waals surface area contributed by atoms with E-state index in [2.05, 4.69) is 30.3 Å². The summed E-state index contributed by atoms with van der Waals surface area (Å²) in [7, 11) is 2.19. The van der Waals surface area contributed by atoms with Gasteiger partial charge in [0.2, 0.25) is 0 Å². The minimum Gasteiger partial charge on any atom is -0.314 e.